The van der Waals surface area contributed by atoms with Crippen LogP contribution in [0.1, 0.15) is 10.4 Å². The number of hydrogen-bond donors (Lipinski definition) is 1. The first-order valence-electron chi connectivity index (χ1n) is 5.51. The Morgan fingerprint density at radius 3 is 2.40 bits per heavy atom. The average molecular weight is 270 g/mol. The molecule has 1 N–H and O–H groups in total. The van der Waals surface area contributed by atoms with Crippen molar-refractivity contribution in [2.45, 2.75) is 0 Å². The largest absolute Gasteiger partial charge is 0.478 e. The van der Waals surface area contributed by atoms with Crippen LogP contribution in [-0.4, -0.2) is 16.0 Å². The molecule has 20 heavy (non-hydrogen) atoms. The summed E-state index contributed by atoms with van der Waals surface area (Å²) in [6.45, 7) is 0. The maximum absolute atomic E-state index is 11.1. The third-order valence-electron chi connectivity index (χ3n) is 2.71. The van der Waals surface area contributed by atoms with Crippen LogP contribution in [0, 0.1) is 15.5 Å². The molecule has 2 aromatic carbocycles. The highest BCUT2D eigenvalue weighted by Crippen LogP contribution is 2.39. The van der Waals surface area contributed by atoms with Gasteiger partial charge in [-0.3, -0.25) is 10.1 Å². The number of diazo groups is 1. The Kier molecular flexibility index (Phi) is 3.39. The van der Waals surface area contributed by atoms with Crippen molar-refractivity contribution in [3.63, 3.8) is 0 Å². The normalized spacial score (nSPS) is 9.75. The molecular weight excluding hydrogens is 262 g/mol. The number of benzene rings is 2. The minimum absolute atomic E-state index is 0.0723. The number of carboxylic acids is 1. The maximum Gasteiger partial charge on any atom is 0.400 e. The molecule has 7 heteroatoms. The van der Waals surface area contributed by atoms with Crippen LogP contribution < -0.4 is 0 Å². The Labute approximate surface area is 112 Å². The first-order chi connectivity index (χ1) is 9.54. The van der Waals surface area contributed by atoms with Gasteiger partial charge in [-0.25, -0.2) is 4.79 Å². The monoisotopic (exact) mass is 270 g/mol. The van der Waals surface area contributed by atoms with Crippen molar-refractivity contribution in [3.8, 4) is 11.1 Å². The van der Waals surface area contributed by atoms with Gasteiger partial charge in [0.05, 0.1) is 10.5 Å². The second kappa shape index (κ2) is 5.16. The quantitative estimate of drug-likeness (QED) is 0.522. The molecule has 0 atom stereocenters. The molecule has 0 bridgehead atoms. The molecule has 7 nitrogen and oxygen atoms in total. The van der Waals surface area contributed by atoms with Crippen molar-refractivity contribution >= 4 is 17.3 Å². The highest BCUT2D eigenvalue weighted by molar-refractivity contribution is 5.95. The van der Waals surface area contributed by atoms with Crippen molar-refractivity contribution in [2.75, 3.05) is 0 Å². The minimum Gasteiger partial charge on any atom is -0.478 e. The van der Waals surface area contributed by atoms with Crippen molar-refractivity contribution in [2.24, 2.45) is 0 Å². The fourth-order valence-corrected chi connectivity index (χ4v) is 1.86. The first-order valence-corrected chi connectivity index (χ1v) is 5.51. The third-order valence-corrected chi connectivity index (χ3v) is 2.71. The van der Waals surface area contributed by atoms with Gasteiger partial charge in [0, 0.05) is 12.1 Å². The van der Waals surface area contributed by atoms with Crippen LogP contribution in [0.4, 0.5) is 11.4 Å². The van der Waals surface area contributed by atoms with Gasteiger partial charge in [0.1, 0.15) is 0 Å². The van der Waals surface area contributed by atoms with Gasteiger partial charge >= 0.3 is 11.7 Å². The highest BCUT2D eigenvalue weighted by atomic mass is 16.6. The molecule has 0 aliphatic heterocycles. The van der Waals surface area contributed by atoms with Gasteiger partial charge in [-0.05, 0) is 5.56 Å². The van der Waals surface area contributed by atoms with Crippen LogP contribution in [0.2, 0.25) is 0 Å². The predicted molar refractivity (Wildman–Crippen MR) is 70.2 cm³/mol. The van der Waals surface area contributed by atoms with Crippen LogP contribution in [0.5, 0.6) is 0 Å². The molecule has 0 aliphatic carbocycles. The Bertz CT molecular complexity index is 735. The fourth-order valence-electron chi connectivity index (χ4n) is 1.86. The summed E-state index contributed by atoms with van der Waals surface area (Å²) in [6, 6.07) is 10.3. The number of hydrogen-bond acceptors (Lipinski definition) is 4. The zero-order chi connectivity index (χ0) is 14.7. The van der Waals surface area contributed by atoms with E-state index in [2.05, 4.69) is 4.98 Å². The molecule has 0 radical (unpaired) electrons. The van der Waals surface area contributed by atoms with Gasteiger partial charge in [-0.1, -0.05) is 30.3 Å². The van der Waals surface area contributed by atoms with Crippen molar-refractivity contribution in [1.82, 2.24) is 0 Å². The predicted octanol–water partition coefficient (Wildman–Crippen LogP) is 3.44. The molecule has 2 aromatic rings. The van der Waals surface area contributed by atoms with Gasteiger partial charge in [0.2, 0.25) is 5.39 Å². The molecule has 2 rings (SSSR count). The van der Waals surface area contributed by atoms with E-state index in [0.29, 0.717) is 5.56 Å². The molecule has 0 aromatic heterocycles. The van der Waals surface area contributed by atoms with Gasteiger partial charge in [-0.2, -0.15) is 0 Å². The minimum atomic E-state index is -1.34. The van der Waals surface area contributed by atoms with Gasteiger partial charge < -0.3 is 5.11 Å². The lowest BCUT2D eigenvalue weighted by Crippen LogP contribution is -2.00. The summed E-state index contributed by atoms with van der Waals surface area (Å²) in [5.41, 5.74) is -0.372. The standard InChI is InChI=1S/C13H7N3O4/c14-15-10-6-9(13(17)18)7-11(16(19)20)12(10)8-4-2-1-3-5-8/h1-7H/p+1. The number of nitrogens with zero attached hydrogens (tertiary/aromatic N) is 3. The topological polar surface area (TPSA) is 109 Å². The Hall–Kier alpha value is -3.27. The molecule has 0 aliphatic rings. The Morgan fingerprint density at radius 2 is 1.90 bits per heavy atom. The molecule has 0 saturated heterocycles. The molecule has 98 valence electrons. The van der Waals surface area contributed by atoms with E-state index in [1.54, 1.807) is 30.3 Å². The van der Waals surface area contributed by atoms with Crippen LogP contribution in [0.3, 0.4) is 0 Å². The lowest BCUT2D eigenvalue weighted by molar-refractivity contribution is -0.384. The summed E-state index contributed by atoms with van der Waals surface area (Å²) in [7, 11) is 0. The van der Waals surface area contributed by atoms with E-state index in [9.17, 15) is 14.9 Å². The molecular formula is C13H8N3O4+. The van der Waals surface area contributed by atoms with Crippen LogP contribution in [-0.2, 0) is 0 Å². The Balaban J connectivity index is 2.82. The van der Waals surface area contributed by atoms with Crippen LogP contribution in [0.25, 0.3) is 16.1 Å². The Morgan fingerprint density at radius 1 is 1.25 bits per heavy atom. The lowest BCUT2D eigenvalue weighted by atomic mass is 9.99. The zero-order valence-electron chi connectivity index (χ0n) is 10.1. The molecule has 0 heterocycles. The van der Waals surface area contributed by atoms with E-state index >= 15 is 0 Å². The summed E-state index contributed by atoms with van der Waals surface area (Å²) < 4.78 is 0. The average Bonchev–Trinajstić information content (AvgIpc) is 2.46. The molecule has 0 saturated carbocycles. The number of rotatable bonds is 3. The summed E-state index contributed by atoms with van der Waals surface area (Å²) in [5.74, 6) is -1.34. The van der Waals surface area contributed by atoms with Gasteiger partial charge in [0.15, 0.2) is 10.5 Å². The number of nitro benzene ring substituents is 1. The maximum atomic E-state index is 11.1. The zero-order valence-corrected chi connectivity index (χ0v) is 10.1. The summed E-state index contributed by atoms with van der Waals surface area (Å²) in [4.78, 5) is 24.3. The van der Waals surface area contributed by atoms with E-state index in [1.165, 1.54) is 0 Å². The number of aromatic carboxylic acids is 1. The fraction of sp³-hybridized carbons (Fsp3) is 0. The van der Waals surface area contributed by atoms with E-state index in [0.717, 1.165) is 12.1 Å². The smallest absolute Gasteiger partial charge is 0.400 e. The van der Waals surface area contributed by atoms with Crippen LogP contribution >= 0.6 is 0 Å². The summed E-state index contributed by atoms with van der Waals surface area (Å²) >= 11 is 0. The number of carbonyl (C=O) groups is 1. The van der Waals surface area contributed by atoms with Crippen molar-refractivity contribution in [3.05, 3.63) is 63.1 Å². The summed E-state index contributed by atoms with van der Waals surface area (Å²) in [5, 5.41) is 29.1. The molecule has 0 unspecified atom stereocenters. The lowest BCUT2D eigenvalue weighted by Gasteiger charge is -2.02. The second-order valence-electron chi connectivity index (χ2n) is 3.92. The molecule has 0 amide bonds. The number of carboxylic acid groups (broad SMARTS) is 1. The SMILES string of the molecule is N#[N+]c1cc(C(=O)O)cc([N+](=O)[O-])c1-c1ccccc1. The number of nitro groups is 1. The van der Waals surface area contributed by atoms with Crippen molar-refractivity contribution < 1.29 is 14.8 Å². The second-order valence-corrected chi connectivity index (χ2v) is 3.92. The molecule has 0 fully saturated rings. The van der Waals surface area contributed by atoms with E-state index < -0.39 is 16.6 Å². The van der Waals surface area contributed by atoms with Crippen LogP contribution in [0.15, 0.2) is 42.5 Å². The van der Waals surface area contributed by atoms with Gasteiger partial charge in [-0.15, -0.1) is 0 Å². The van der Waals surface area contributed by atoms with E-state index in [-0.39, 0.29) is 16.8 Å². The first kappa shape index (κ1) is 13.2. The van der Waals surface area contributed by atoms with E-state index in [1.807, 2.05) is 0 Å². The van der Waals surface area contributed by atoms with E-state index in [4.69, 9.17) is 10.5 Å². The van der Waals surface area contributed by atoms with Gasteiger partial charge in [0.25, 0.3) is 5.69 Å². The molecule has 0 spiro atoms. The third kappa shape index (κ3) is 2.30. The summed E-state index contributed by atoms with van der Waals surface area (Å²) in [6.07, 6.45) is 0. The van der Waals surface area contributed by atoms with Crippen molar-refractivity contribution in [1.29, 1.82) is 5.39 Å². The highest BCUT2D eigenvalue weighted by Gasteiger charge is 2.29.